The largest absolute Gasteiger partial charge is 0.416 e. The first-order valence-corrected chi connectivity index (χ1v) is 6.96. The predicted molar refractivity (Wildman–Crippen MR) is 81.4 cm³/mol. The van der Waals surface area contributed by atoms with Crippen LogP contribution in [-0.4, -0.2) is 11.1 Å². The number of para-hydroxylation sites is 1. The van der Waals surface area contributed by atoms with Crippen LogP contribution < -0.4 is 5.73 Å². The molecule has 0 atom stereocenters. The standard InChI is InChI=1S/C17H15F3N2/c18-17(19,20)13-7-5-12(6-8-13)15-11-22(10-9-21)16-4-2-1-3-14(15)16/h1-8,11H,9-10,21H2. The predicted octanol–water partition coefficient (Wildman–Crippen LogP) is 4.29. The zero-order chi connectivity index (χ0) is 15.7. The highest BCUT2D eigenvalue weighted by atomic mass is 19.4. The minimum atomic E-state index is -4.31. The van der Waals surface area contributed by atoms with Crippen molar-refractivity contribution in [2.24, 2.45) is 5.73 Å². The molecule has 1 heterocycles. The van der Waals surface area contributed by atoms with E-state index >= 15 is 0 Å². The number of hydrogen-bond acceptors (Lipinski definition) is 1. The maximum absolute atomic E-state index is 12.7. The molecule has 3 aromatic rings. The lowest BCUT2D eigenvalue weighted by Gasteiger charge is -2.07. The number of benzene rings is 2. The number of nitrogens with zero attached hydrogens (tertiary/aromatic N) is 1. The Hall–Kier alpha value is -2.27. The monoisotopic (exact) mass is 304 g/mol. The summed E-state index contributed by atoms with van der Waals surface area (Å²) in [5.74, 6) is 0. The third-order valence-electron chi connectivity index (χ3n) is 3.68. The van der Waals surface area contributed by atoms with Gasteiger partial charge in [0.05, 0.1) is 5.56 Å². The van der Waals surface area contributed by atoms with Crippen LogP contribution in [0, 0.1) is 0 Å². The van der Waals surface area contributed by atoms with Crippen molar-refractivity contribution in [1.82, 2.24) is 4.57 Å². The summed E-state index contributed by atoms with van der Waals surface area (Å²) >= 11 is 0. The highest BCUT2D eigenvalue weighted by Gasteiger charge is 2.30. The van der Waals surface area contributed by atoms with Gasteiger partial charge in [0.15, 0.2) is 0 Å². The van der Waals surface area contributed by atoms with E-state index in [4.69, 9.17) is 5.73 Å². The summed E-state index contributed by atoms with van der Waals surface area (Å²) in [4.78, 5) is 0. The summed E-state index contributed by atoms with van der Waals surface area (Å²) in [7, 11) is 0. The van der Waals surface area contributed by atoms with E-state index in [0.29, 0.717) is 13.1 Å². The molecule has 2 aromatic carbocycles. The Balaban J connectivity index is 2.10. The molecule has 0 spiro atoms. The number of hydrogen-bond donors (Lipinski definition) is 1. The van der Waals surface area contributed by atoms with Crippen molar-refractivity contribution in [2.75, 3.05) is 6.54 Å². The molecule has 3 rings (SSSR count). The van der Waals surface area contributed by atoms with Gasteiger partial charge < -0.3 is 10.3 Å². The third kappa shape index (κ3) is 2.60. The number of nitrogens with two attached hydrogens (primary N) is 1. The second-order valence-corrected chi connectivity index (χ2v) is 5.12. The molecule has 5 heteroatoms. The van der Waals surface area contributed by atoms with E-state index in [0.717, 1.165) is 34.2 Å². The van der Waals surface area contributed by atoms with E-state index in [1.54, 1.807) is 0 Å². The van der Waals surface area contributed by atoms with Crippen LogP contribution in [-0.2, 0) is 12.7 Å². The average molecular weight is 304 g/mol. The van der Waals surface area contributed by atoms with Gasteiger partial charge in [0, 0.05) is 35.8 Å². The van der Waals surface area contributed by atoms with Crippen molar-refractivity contribution in [1.29, 1.82) is 0 Å². The molecule has 0 aliphatic rings. The van der Waals surface area contributed by atoms with Crippen molar-refractivity contribution in [3.63, 3.8) is 0 Å². The van der Waals surface area contributed by atoms with Gasteiger partial charge in [-0.25, -0.2) is 0 Å². The van der Waals surface area contributed by atoms with Crippen LogP contribution in [0.15, 0.2) is 54.7 Å². The molecule has 0 radical (unpaired) electrons. The molecular weight excluding hydrogens is 289 g/mol. The Morgan fingerprint density at radius 3 is 2.27 bits per heavy atom. The van der Waals surface area contributed by atoms with E-state index in [2.05, 4.69) is 0 Å². The first-order valence-electron chi connectivity index (χ1n) is 6.96. The normalized spacial score (nSPS) is 12.0. The molecule has 114 valence electrons. The van der Waals surface area contributed by atoms with Crippen molar-refractivity contribution in [3.05, 3.63) is 60.3 Å². The molecule has 2 nitrogen and oxygen atoms in total. The number of aromatic nitrogens is 1. The first-order chi connectivity index (χ1) is 10.5. The van der Waals surface area contributed by atoms with E-state index in [1.165, 1.54) is 12.1 Å². The maximum atomic E-state index is 12.7. The Morgan fingerprint density at radius 2 is 1.64 bits per heavy atom. The zero-order valence-corrected chi connectivity index (χ0v) is 11.8. The minimum absolute atomic E-state index is 0.505. The summed E-state index contributed by atoms with van der Waals surface area (Å²) in [5, 5.41) is 1.01. The van der Waals surface area contributed by atoms with Crippen molar-refractivity contribution >= 4 is 10.9 Å². The van der Waals surface area contributed by atoms with Gasteiger partial charge in [0.2, 0.25) is 0 Å². The molecule has 0 fully saturated rings. The zero-order valence-electron chi connectivity index (χ0n) is 11.8. The summed E-state index contributed by atoms with van der Waals surface area (Å²) in [6.07, 6.45) is -2.37. The SMILES string of the molecule is NCCn1cc(-c2ccc(C(F)(F)F)cc2)c2ccccc21. The number of fused-ring (bicyclic) bond motifs is 1. The molecule has 22 heavy (non-hydrogen) atoms. The smallest absolute Gasteiger partial charge is 0.346 e. The average Bonchev–Trinajstić information content (AvgIpc) is 2.86. The highest BCUT2D eigenvalue weighted by molar-refractivity contribution is 5.96. The molecule has 0 aliphatic heterocycles. The molecule has 0 unspecified atom stereocenters. The van der Waals surface area contributed by atoms with Crippen LogP contribution >= 0.6 is 0 Å². The van der Waals surface area contributed by atoms with Crippen LogP contribution in [0.1, 0.15) is 5.56 Å². The molecule has 0 bridgehead atoms. The lowest BCUT2D eigenvalue weighted by atomic mass is 10.0. The first kappa shape index (κ1) is 14.7. The van der Waals surface area contributed by atoms with Crippen LogP contribution in [0.25, 0.3) is 22.0 Å². The fourth-order valence-corrected chi connectivity index (χ4v) is 2.64. The van der Waals surface area contributed by atoms with Gasteiger partial charge in [-0.3, -0.25) is 0 Å². The number of rotatable bonds is 3. The molecule has 1 aromatic heterocycles. The van der Waals surface area contributed by atoms with Crippen molar-refractivity contribution in [2.45, 2.75) is 12.7 Å². The van der Waals surface area contributed by atoms with Gasteiger partial charge in [-0.2, -0.15) is 13.2 Å². The van der Waals surface area contributed by atoms with E-state index in [-0.39, 0.29) is 0 Å². The Morgan fingerprint density at radius 1 is 0.955 bits per heavy atom. The van der Waals surface area contributed by atoms with Gasteiger partial charge in [0.25, 0.3) is 0 Å². The topological polar surface area (TPSA) is 30.9 Å². The summed E-state index contributed by atoms with van der Waals surface area (Å²) in [5.41, 5.74) is 7.69. The third-order valence-corrected chi connectivity index (χ3v) is 3.68. The Kier molecular flexibility index (Phi) is 3.66. The van der Waals surface area contributed by atoms with E-state index in [9.17, 15) is 13.2 Å². The van der Waals surface area contributed by atoms with Crippen LogP contribution in [0.2, 0.25) is 0 Å². The molecule has 2 N–H and O–H groups in total. The lowest BCUT2D eigenvalue weighted by Crippen LogP contribution is -2.08. The summed E-state index contributed by atoms with van der Waals surface area (Å²) in [6, 6.07) is 13.1. The van der Waals surface area contributed by atoms with Crippen LogP contribution in [0.4, 0.5) is 13.2 Å². The van der Waals surface area contributed by atoms with Crippen LogP contribution in [0.3, 0.4) is 0 Å². The lowest BCUT2D eigenvalue weighted by molar-refractivity contribution is -0.137. The quantitative estimate of drug-likeness (QED) is 0.769. The number of halogens is 3. The van der Waals surface area contributed by atoms with Gasteiger partial charge in [-0.1, -0.05) is 30.3 Å². The van der Waals surface area contributed by atoms with Crippen LogP contribution in [0.5, 0.6) is 0 Å². The van der Waals surface area contributed by atoms with Crippen molar-refractivity contribution < 1.29 is 13.2 Å². The highest BCUT2D eigenvalue weighted by Crippen LogP contribution is 2.34. The summed E-state index contributed by atoms with van der Waals surface area (Å²) < 4.78 is 40.0. The second kappa shape index (κ2) is 5.50. The maximum Gasteiger partial charge on any atom is 0.416 e. The minimum Gasteiger partial charge on any atom is -0.346 e. The fourth-order valence-electron chi connectivity index (χ4n) is 2.64. The van der Waals surface area contributed by atoms with Gasteiger partial charge >= 0.3 is 6.18 Å². The van der Waals surface area contributed by atoms with Gasteiger partial charge in [0.1, 0.15) is 0 Å². The Labute approximate surface area is 126 Å². The second-order valence-electron chi connectivity index (χ2n) is 5.12. The van der Waals surface area contributed by atoms with Crippen molar-refractivity contribution in [3.8, 4) is 11.1 Å². The molecule has 0 amide bonds. The van der Waals surface area contributed by atoms with Gasteiger partial charge in [-0.05, 0) is 23.8 Å². The summed E-state index contributed by atoms with van der Waals surface area (Å²) in [6.45, 7) is 1.17. The number of alkyl halides is 3. The molecular formula is C17H15F3N2. The fraction of sp³-hybridized carbons (Fsp3) is 0.176. The van der Waals surface area contributed by atoms with E-state index in [1.807, 2.05) is 35.0 Å². The van der Waals surface area contributed by atoms with E-state index < -0.39 is 11.7 Å². The molecule has 0 saturated heterocycles. The van der Waals surface area contributed by atoms with Gasteiger partial charge in [-0.15, -0.1) is 0 Å². The molecule has 0 saturated carbocycles. The molecule has 0 aliphatic carbocycles. The Bertz CT molecular complexity index is 786.